The number of benzene rings is 1. The Morgan fingerprint density at radius 1 is 1.27 bits per heavy atom. The first-order valence-electron chi connectivity index (χ1n) is 7.10. The Morgan fingerprint density at radius 2 is 2.05 bits per heavy atom. The van der Waals surface area contributed by atoms with Crippen LogP contribution in [0.4, 0.5) is 5.95 Å². The van der Waals surface area contributed by atoms with E-state index in [-0.39, 0.29) is 0 Å². The molecule has 0 aliphatic rings. The normalized spacial score (nSPS) is 10.9. The van der Waals surface area contributed by atoms with Gasteiger partial charge >= 0.3 is 0 Å². The van der Waals surface area contributed by atoms with Crippen molar-refractivity contribution in [2.24, 2.45) is 14.1 Å². The van der Waals surface area contributed by atoms with Crippen LogP contribution in [-0.2, 0) is 20.6 Å². The van der Waals surface area contributed by atoms with Gasteiger partial charge in [-0.05, 0) is 32.0 Å². The van der Waals surface area contributed by atoms with Gasteiger partial charge in [0.15, 0.2) is 0 Å². The maximum absolute atomic E-state index is 9.01. The van der Waals surface area contributed by atoms with Crippen LogP contribution < -0.4 is 5.32 Å². The monoisotopic (exact) mass is 294 g/mol. The molecule has 1 N–H and O–H groups in total. The molecule has 0 saturated carbocycles. The molecular formula is C16H18N6. The molecule has 6 heteroatoms. The molecular weight excluding hydrogens is 276 g/mol. The van der Waals surface area contributed by atoms with Crippen molar-refractivity contribution >= 4 is 17.0 Å². The first-order valence-corrected chi connectivity index (χ1v) is 7.10. The Balaban J connectivity index is 1.91. The summed E-state index contributed by atoms with van der Waals surface area (Å²) in [6.45, 7) is 4.75. The molecule has 112 valence electrons. The maximum Gasteiger partial charge on any atom is 0.203 e. The van der Waals surface area contributed by atoms with E-state index < -0.39 is 0 Å². The van der Waals surface area contributed by atoms with E-state index in [1.54, 1.807) is 6.07 Å². The average molecular weight is 294 g/mol. The molecule has 2 aromatic heterocycles. The van der Waals surface area contributed by atoms with Gasteiger partial charge in [0.05, 0.1) is 28.4 Å². The minimum absolute atomic E-state index is 0.640. The van der Waals surface area contributed by atoms with Crippen LogP contribution >= 0.6 is 0 Å². The zero-order chi connectivity index (χ0) is 15.9. The Hall–Kier alpha value is -2.81. The van der Waals surface area contributed by atoms with E-state index in [0.717, 1.165) is 28.4 Å². The van der Waals surface area contributed by atoms with Gasteiger partial charge in [-0.2, -0.15) is 10.4 Å². The Labute approximate surface area is 129 Å². The Bertz CT molecular complexity index is 894. The van der Waals surface area contributed by atoms with Crippen molar-refractivity contribution in [1.82, 2.24) is 19.3 Å². The molecule has 0 bridgehead atoms. The molecule has 0 radical (unpaired) electrons. The molecule has 0 amide bonds. The summed E-state index contributed by atoms with van der Waals surface area (Å²) in [4.78, 5) is 4.58. The summed E-state index contributed by atoms with van der Waals surface area (Å²) in [7, 11) is 3.89. The molecule has 0 saturated heterocycles. The molecule has 0 aliphatic carbocycles. The summed E-state index contributed by atoms with van der Waals surface area (Å²) in [5.74, 6) is 0.785. The smallest absolute Gasteiger partial charge is 0.203 e. The van der Waals surface area contributed by atoms with Gasteiger partial charge in [0.25, 0.3) is 0 Å². The summed E-state index contributed by atoms with van der Waals surface area (Å²) < 4.78 is 3.86. The van der Waals surface area contributed by atoms with Crippen molar-refractivity contribution in [2.75, 3.05) is 5.32 Å². The molecule has 2 heterocycles. The summed E-state index contributed by atoms with van der Waals surface area (Å²) >= 11 is 0. The van der Waals surface area contributed by atoms with Crippen LogP contribution in [0.1, 0.15) is 22.5 Å². The van der Waals surface area contributed by atoms with Gasteiger partial charge in [-0.15, -0.1) is 0 Å². The van der Waals surface area contributed by atoms with Crippen LogP contribution in [0, 0.1) is 25.2 Å². The van der Waals surface area contributed by atoms with Crippen LogP contribution in [0.25, 0.3) is 11.0 Å². The van der Waals surface area contributed by atoms with Crippen LogP contribution in [0.2, 0.25) is 0 Å². The van der Waals surface area contributed by atoms with E-state index in [1.807, 2.05) is 42.4 Å². The largest absolute Gasteiger partial charge is 0.351 e. The minimum atomic E-state index is 0.640. The number of hydrogen-bond donors (Lipinski definition) is 1. The van der Waals surface area contributed by atoms with Crippen molar-refractivity contribution in [2.45, 2.75) is 20.4 Å². The van der Waals surface area contributed by atoms with Crippen molar-refractivity contribution in [3.8, 4) is 6.07 Å². The predicted molar refractivity (Wildman–Crippen MR) is 85.4 cm³/mol. The number of rotatable bonds is 3. The lowest BCUT2D eigenvalue weighted by atomic mass is 10.2. The van der Waals surface area contributed by atoms with E-state index in [0.29, 0.717) is 12.1 Å². The van der Waals surface area contributed by atoms with E-state index in [9.17, 15) is 0 Å². The highest BCUT2D eigenvalue weighted by molar-refractivity contribution is 5.80. The lowest BCUT2D eigenvalue weighted by Crippen LogP contribution is -2.06. The van der Waals surface area contributed by atoms with E-state index in [4.69, 9.17) is 5.26 Å². The van der Waals surface area contributed by atoms with Crippen molar-refractivity contribution < 1.29 is 0 Å². The van der Waals surface area contributed by atoms with E-state index in [2.05, 4.69) is 28.4 Å². The fourth-order valence-corrected chi connectivity index (χ4v) is 2.66. The van der Waals surface area contributed by atoms with Crippen molar-refractivity contribution in [3.63, 3.8) is 0 Å². The average Bonchev–Trinajstić information content (AvgIpc) is 2.95. The Kier molecular flexibility index (Phi) is 3.33. The number of fused-ring (bicyclic) bond motifs is 1. The minimum Gasteiger partial charge on any atom is -0.351 e. The van der Waals surface area contributed by atoms with Gasteiger partial charge in [-0.1, -0.05) is 0 Å². The Morgan fingerprint density at radius 3 is 2.68 bits per heavy atom. The SMILES string of the molecule is Cc1nn(C)c(C)c1CNc1nc2ccc(C#N)cc2n1C. The lowest BCUT2D eigenvalue weighted by Gasteiger charge is -2.07. The molecule has 0 spiro atoms. The number of imidazole rings is 1. The van der Waals surface area contributed by atoms with Crippen LogP contribution in [0.3, 0.4) is 0 Å². The second-order valence-corrected chi connectivity index (χ2v) is 5.44. The zero-order valence-corrected chi connectivity index (χ0v) is 13.2. The van der Waals surface area contributed by atoms with E-state index in [1.165, 1.54) is 5.56 Å². The van der Waals surface area contributed by atoms with Gasteiger partial charge in [-0.3, -0.25) is 4.68 Å². The van der Waals surface area contributed by atoms with Crippen LogP contribution in [0.5, 0.6) is 0 Å². The number of aromatic nitrogens is 4. The molecule has 0 fully saturated rings. The predicted octanol–water partition coefficient (Wildman–Crippen LogP) is 2.41. The number of aryl methyl sites for hydroxylation is 3. The topological polar surface area (TPSA) is 71.5 Å². The van der Waals surface area contributed by atoms with Crippen molar-refractivity contribution in [3.05, 3.63) is 40.7 Å². The summed E-state index contributed by atoms with van der Waals surface area (Å²) in [6.07, 6.45) is 0. The molecule has 0 unspecified atom stereocenters. The third kappa shape index (κ3) is 2.21. The molecule has 22 heavy (non-hydrogen) atoms. The number of anilines is 1. The third-order valence-electron chi connectivity index (χ3n) is 4.09. The molecule has 0 aliphatic heterocycles. The standard InChI is InChI=1S/C16H18N6/c1-10-13(11(2)22(4)20-10)9-18-16-19-14-6-5-12(8-17)7-15(14)21(16)3/h5-7H,9H2,1-4H3,(H,18,19). The van der Waals surface area contributed by atoms with Gasteiger partial charge in [-0.25, -0.2) is 4.98 Å². The fourth-order valence-electron chi connectivity index (χ4n) is 2.66. The first kappa shape index (κ1) is 14.1. The molecule has 3 rings (SSSR count). The highest BCUT2D eigenvalue weighted by Crippen LogP contribution is 2.21. The molecule has 1 aromatic carbocycles. The lowest BCUT2D eigenvalue weighted by molar-refractivity contribution is 0.730. The number of nitrogens with one attached hydrogen (secondary N) is 1. The van der Waals surface area contributed by atoms with Crippen molar-refractivity contribution in [1.29, 1.82) is 5.26 Å². The van der Waals surface area contributed by atoms with Gasteiger partial charge in [0.1, 0.15) is 0 Å². The highest BCUT2D eigenvalue weighted by Gasteiger charge is 2.12. The second-order valence-electron chi connectivity index (χ2n) is 5.44. The molecule has 6 nitrogen and oxygen atoms in total. The van der Waals surface area contributed by atoms with E-state index >= 15 is 0 Å². The van der Waals surface area contributed by atoms with Crippen LogP contribution in [-0.4, -0.2) is 19.3 Å². The second kappa shape index (κ2) is 5.19. The van der Waals surface area contributed by atoms with Gasteiger partial charge < -0.3 is 9.88 Å². The van der Waals surface area contributed by atoms with Crippen LogP contribution in [0.15, 0.2) is 18.2 Å². The first-order chi connectivity index (χ1) is 10.5. The maximum atomic E-state index is 9.01. The summed E-state index contributed by atoms with van der Waals surface area (Å²) in [5, 5.41) is 16.8. The number of nitrogens with zero attached hydrogens (tertiary/aromatic N) is 5. The summed E-state index contributed by atoms with van der Waals surface area (Å²) in [5.41, 5.74) is 5.83. The molecule has 0 atom stereocenters. The summed E-state index contributed by atoms with van der Waals surface area (Å²) in [6, 6.07) is 7.67. The number of nitriles is 1. The third-order valence-corrected chi connectivity index (χ3v) is 4.09. The fraction of sp³-hybridized carbons (Fsp3) is 0.312. The molecule has 3 aromatic rings. The zero-order valence-electron chi connectivity index (χ0n) is 13.2. The quantitative estimate of drug-likeness (QED) is 0.805. The van der Waals surface area contributed by atoms with Gasteiger partial charge in [0.2, 0.25) is 5.95 Å². The highest BCUT2D eigenvalue weighted by atomic mass is 15.3. The van der Waals surface area contributed by atoms with Gasteiger partial charge in [0, 0.05) is 31.9 Å². The number of hydrogen-bond acceptors (Lipinski definition) is 4.